The summed E-state index contributed by atoms with van der Waals surface area (Å²) in [5.41, 5.74) is 3.03. The molecule has 156 valence electrons. The number of piperazine rings is 1. The smallest absolute Gasteiger partial charge is 0.246 e. The number of H-pyrrole nitrogens is 1. The number of benzene rings is 2. The molecule has 0 radical (unpaired) electrons. The minimum Gasteiger partial charge on any atom is -0.467 e. The molecular formula is C25H23N3O3. The lowest BCUT2D eigenvalue weighted by molar-refractivity contribution is -0.150. The van der Waals surface area contributed by atoms with E-state index in [2.05, 4.69) is 10.3 Å². The molecule has 5 rings (SSSR count). The summed E-state index contributed by atoms with van der Waals surface area (Å²) in [4.78, 5) is 31.6. The van der Waals surface area contributed by atoms with Crippen molar-refractivity contribution in [2.45, 2.75) is 31.5 Å². The molecule has 2 amide bonds. The van der Waals surface area contributed by atoms with E-state index >= 15 is 0 Å². The number of hydrogen-bond acceptors (Lipinski definition) is 3. The molecule has 0 unspecified atom stereocenters. The van der Waals surface area contributed by atoms with Gasteiger partial charge in [-0.3, -0.25) is 9.59 Å². The zero-order valence-corrected chi connectivity index (χ0v) is 17.0. The molecule has 0 saturated carbocycles. The van der Waals surface area contributed by atoms with Gasteiger partial charge in [0.25, 0.3) is 0 Å². The van der Waals surface area contributed by atoms with Crippen LogP contribution in [0.4, 0.5) is 0 Å². The number of nitrogens with one attached hydrogen (secondary N) is 2. The lowest BCUT2D eigenvalue weighted by Crippen LogP contribution is -2.64. The number of aromatic nitrogens is 1. The van der Waals surface area contributed by atoms with E-state index in [0.717, 1.165) is 22.0 Å². The van der Waals surface area contributed by atoms with Gasteiger partial charge in [0.15, 0.2) is 0 Å². The van der Waals surface area contributed by atoms with Crippen molar-refractivity contribution in [1.29, 1.82) is 0 Å². The van der Waals surface area contributed by atoms with E-state index in [0.29, 0.717) is 18.6 Å². The Morgan fingerprint density at radius 3 is 2.52 bits per heavy atom. The highest BCUT2D eigenvalue weighted by Gasteiger charge is 2.41. The fourth-order valence-corrected chi connectivity index (χ4v) is 4.28. The second kappa shape index (κ2) is 8.14. The molecule has 6 heteroatoms. The van der Waals surface area contributed by atoms with Crippen molar-refractivity contribution in [2.24, 2.45) is 0 Å². The molecule has 4 aromatic rings. The molecule has 1 aliphatic rings. The van der Waals surface area contributed by atoms with Crippen LogP contribution in [0.5, 0.6) is 0 Å². The Balaban J connectivity index is 1.43. The van der Waals surface area contributed by atoms with Crippen molar-refractivity contribution in [3.05, 3.63) is 96.1 Å². The van der Waals surface area contributed by atoms with Gasteiger partial charge in [0, 0.05) is 29.9 Å². The number of furan rings is 1. The van der Waals surface area contributed by atoms with Crippen molar-refractivity contribution in [1.82, 2.24) is 15.2 Å². The molecule has 1 saturated heterocycles. The number of hydrogen-bond donors (Lipinski definition) is 2. The lowest BCUT2D eigenvalue weighted by atomic mass is 9.96. The van der Waals surface area contributed by atoms with Crippen LogP contribution in [0.25, 0.3) is 10.9 Å². The quantitative estimate of drug-likeness (QED) is 0.508. The number of aromatic amines is 1. The predicted molar refractivity (Wildman–Crippen MR) is 117 cm³/mol. The summed E-state index contributed by atoms with van der Waals surface area (Å²) in [6.07, 6.45) is 4.39. The van der Waals surface area contributed by atoms with Gasteiger partial charge in [-0.2, -0.15) is 0 Å². The second-order valence-corrected chi connectivity index (χ2v) is 7.88. The van der Waals surface area contributed by atoms with Gasteiger partial charge in [0.2, 0.25) is 11.8 Å². The molecular weight excluding hydrogens is 390 g/mol. The molecule has 2 aromatic heterocycles. The Morgan fingerprint density at radius 1 is 0.903 bits per heavy atom. The summed E-state index contributed by atoms with van der Waals surface area (Å²) in [5.74, 6) is 0.425. The second-order valence-electron chi connectivity index (χ2n) is 7.88. The Bertz CT molecular complexity index is 1200. The van der Waals surface area contributed by atoms with Gasteiger partial charge >= 0.3 is 0 Å². The van der Waals surface area contributed by atoms with Crippen molar-refractivity contribution in [2.75, 3.05) is 0 Å². The van der Waals surface area contributed by atoms with Crippen molar-refractivity contribution in [3.8, 4) is 0 Å². The topological polar surface area (TPSA) is 78.3 Å². The minimum atomic E-state index is -0.617. The normalized spacial score (nSPS) is 19.0. The molecule has 0 aliphatic carbocycles. The van der Waals surface area contributed by atoms with Gasteiger partial charge in [-0.15, -0.1) is 0 Å². The van der Waals surface area contributed by atoms with E-state index in [1.807, 2.05) is 66.9 Å². The summed E-state index contributed by atoms with van der Waals surface area (Å²) >= 11 is 0. The van der Waals surface area contributed by atoms with Crippen LogP contribution in [-0.4, -0.2) is 33.8 Å². The van der Waals surface area contributed by atoms with Gasteiger partial charge in [-0.1, -0.05) is 48.5 Å². The number of nitrogens with zero attached hydrogens (tertiary/aromatic N) is 1. The molecule has 2 N–H and O–H groups in total. The fourth-order valence-electron chi connectivity index (χ4n) is 4.28. The van der Waals surface area contributed by atoms with Crippen molar-refractivity contribution in [3.63, 3.8) is 0 Å². The number of para-hydroxylation sites is 1. The number of rotatable bonds is 6. The maximum absolute atomic E-state index is 13.5. The molecule has 1 fully saturated rings. The molecule has 0 bridgehead atoms. The van der Waals surface area contributed by atoms with Gasteiger partial charge in [0.05, 0.1) is 12.8 Å². The first-order valence-electron chi connectivity index (χ1n) is 10.4. The van der Waals surface area contributed by atoms with E-state index in [4.69, 9.17) is 4.42 Å². The largest absolute Gasteiger partial charge is 0.467 e. The third kappa shape index (κ3) is 3.84. The van der Waals surface area contributed by atoms with Gasteiger partial charge < -0.3 is 19.6 Å². The molecule has 3 heterocycles. The van der Waals surface area contributed by atoms with Crippen LogP contribution in [-0.2, 0) is 29.0 Å². The first-order valence-corrected chi connectivity index (χ1v) is 10.4. The van der Waals surface area contributed by atoms with Crippen LogP contribution in [0.3, 0.4) is 0 Å². The lowest BCUT2D eigenvalue weighted by Gasteiger charge is -2.38. The highest BCUT2D eigenvalue weighted by Crippen LogP contribution is 2.24. The highest BCUT2D eigenvalue weighted by molar-refractivity contribution is 5.97. The zero-order chi connectivity index (χ0) is 21.2. The monoisotopic (exact) mass is 413 g/mol. The molecule has 1 aliphatic heterocycles. The molecule has 6 nitrogen and oxygen atoms in total. The minimum absolute atomic E-state index is 0.0952. The number of carbonyl (C=O) groups is 2. The van der Waals surface area contributed by atoms with E-state index in [1.54, 1.807) is 17.2 Å². The Kier molecular flexibility index (Phi) is 5.04. The van der Waals surface area contributed by atoms with Crippen LogP contribution < -0.4 is 5.32 Å². The van der Waals surface area contributed by atoms with Crippen molar-refractivity contribution >= 4 is 22.7 Å². The highest BCUT2D eigenvalue weighted by atomic mass is 16.3. The average molecular weight is 413 g/mol. The van der Waals surface area contributed by atoms with Crippen LogP contribution in [0.1, 0.15) is 16.9 Å². The van der Waals surface area contributed by atoms with Crippen LogP contribution in [0, 0.1) is 0 Å². The van der Waals surface area contributed by atoms with Gasteiger partial charge in [0.1, 0.15) is 17.8 Å². The predicted octanol–water partition coefficient (Wildman–Crippen LogP) is 3.44. The summed E-state index contributed by atoms with van der Waals surface area (Å²) in [5, 5.41) is 4.04. The van der Waals surface area contributed by atoms with E-state index in [-0.39, 0.29) is 18.4 Å². The first kappa shape index (κ1) is 19.2. The first-order chi connectivity index (χ1) is 15.2. The standard InChI is InChI=1S/C25H23N3O3/c29-24-23(13-17-7-2-1-3-8-17)28(16-19-9-6-12-31-19)25(30)22(27-24)14-18-15-26-21-11-5-4-10-20(18)21/h1-12,15,22-23,26H,13-14,16H2,(H,27,29)/t22-,23-/m0/s1. The van der Waals surface area contributed by atoms with Crippen LogP contribution in [0.2, 0.25) is 0 Å². The number of carbonyl (C=O) groups excluding carboxylic acids is 2. The number of amides is 2. The third-order valence-corrected chi connectivity index (χ3v) is 5.85. The average Bonchev–Trinajstić information content (AvgIpc) is 3.45. The summed E-state index contributed by atoms with van der Waals surface area (Å²) in [6.45, 7) is 0.265. The number of fused-ring (bicyclic) bond motifs is 1. The van der Waals surface area contributed by atoms with Crippen LogP contribution >= 0.6 is 0 Å². The van der Waals surface area contributed by atoms with E-state index in [1.165, 1.54) is 0 Å². The fraction of sp³-hybridized carbons (Fsp3) is 0.200. The maximum atomic E-state index is 13.5. The van der Waals surface area contributed by atoms with E-state index < -0.39 is 12.1 Å². The summed E-state index contributed by atoms with van der Waals surface area (Å²) < 4.78 is 5.49. The molecule has 2 atom stereocenters. The molecule has 2 aromatic carbocycles. The van der Waals surface area contributed by atoms with Gasteiger partial charge in [-0.05, 0) is 29.3 Å². The van der Waals surface area contributed by atoms with E-state index in [9.17, 15) is 9.59 Å². The molecule has 31 heavy (non-hydrogen) atoms. The summed E-state index contributed by atoms with van der Waals surface area (Å²) in [6, 6.07) is 20.1. The Morgan fingerprint density at radius 2 is 1.71 bits per heavy atom. The Hall–Kier alpha value is -3.80. The Labute approximate surface area is 179 Å². The molecule has 0 spiro atoms. The van der Waals surface area contributed by atoms with Crippen molar-refractivity contribution < 1.29 is 14.0 Å². The SMILES string of the molecule is O=C1N[C@@H](Cc2c[nH]c3ccccc23)C(=O)N(Cc2ccco2)[C@H]1Cc1ccccc1. The maximum Gasteiger partial charge on any atom is 0.246 e. The van der Waals surface area contributed by atoms with Gasteiger partial charge in [-0.25, -0.2) is 0 Å². The summed E-state index contributed by atoms with van der Waals surface area (Å²) in [7, 11) is 0. The zero-order valence-electron chi connectivity index (χ0n) is 17.0. The third-order valence-electron chi connectivity index (χ3n) is 5.85. The van der Waals surface area contributed by atoms with Crippen LogP contribution in [0.15, 0.2) is 83.6 Å².